The minimum Gasteiger partial charge on any atom is -0.465 e. The monoisotopic (exact) mass is 381 g/mol. The topological polar surface area (TPSA) is 48.3 Å². The van der Waals surface area contributed by atoms with Crippen molar-refractivity contribution >= 4 is 11.8 Å². The number of carbonyl (C=O) groups excluding carboxylic acids is 2. The average molecular weight is 382 g/mol. The molecule has 28 heavy (non-hydrogen) atoms. The molecule has 0 amide bonds. The second kappa shape index (κ2) is 9.72. The normalized spacial score (nSPS) is 15.9. The minimum absolute atomic E-state index is 0.0162. The molecule has 0 aliphatic carbocycles. The third kappa shape index (κ3) is 4.54. The lowest BCUT2D eigenvalue weighted by Gasteiger charge is -2.25. The van der Waals surface area contributed by atoms with Crippen molar-refractivity contribution in [1.29, 1.82) is 0 Å². The van der Waals surface area contributed by atoms with Crippen LogP contribution in [0.2, 0.25) is 0 Å². The number of rotatable bonds is 9. The molecule has 1 aromatic heterocycles. The Morgan fingerprint density at radius 2 is 1.82 bits per heavy atom. The molecule has 4 heteroatoms. The van der Waals surface area contributed by atoms with E-state index in [1.807, 2.05) is 41.0 Å². The van der Waals surface area contributed by atoms with E-state index in [1.165, 1.54) is 18.4 Å². The smallest absolute Gasteiger partial charge is 0.314 e. The van der Waals surface area contributed by atoms with Crippen LogP contribution in [0.1, 0.15) is 85.6 Å². The SMILES string of the molecule is CCCCCCOC(=O)C1CCCn2c(C(=O)c3ccc(CC)cc3)ccc21. The van der Waals surface area contributed by atoms with Gasteiger partial charge in [-0.2, -0.15) is 0 Å². The molecule has 1 aliphatic heterocycles. The Labute approximate surface area is 167 Å². The van der Waals surface area contributed by atoms with E-state index in [0.29, 0.717) is 17.9 Å². The van der Waals surface area contributed by atoms with Crippen LogP contribution in [0.4, 0.5) is 0 Å². The van der Waals surface area contributed by atoms with E-state index in [9.17, 15) is 9.59 Å². The van der Waals surface area contributed by atoms with Crippen molar-refractivity contribution in [2.75, 3.05) is 6.61 Å². The second-order valence-electron chi connectivity index (χ2n) is 7.60. The number of unbranched alkanes of at least 4 members (excludes halogenated alkanes) is 3. The van der Waals surface area contributed by atoms with Gasteiger partial charge in [0.05, 0.1) is 18.2 Å². The van der Waals surface area contributed by atoms with Crippen molar-refractivity contribution in [3.8, 4) is 0 Å². The Morgan fingerprint density at radius 1 is 1.04 bits per heavy atom. The van der Waals surface area contributed by atoms with Gasteiger partial charge in [-0.3, -0.25) is 9.59 Å². The zero-order valence-corrected chi connectivity index (χ0v) is 17.1. The van der Waals surface area contributed by atoms with Crippen molar-refractivity contribution < 1.29 is 14.3 Å². The van der Waals surface area contributed by atoms with Crippen LogP contribution in [-0.2, 0) is 22.5 Å². The highest BCUT2D eigenvalue weighted by molar-refractivity contribution is 6.08. The number of benzene rings is 1. The van der Waals surface area contributed by atoms with Gasteiger partial charge in [0, 0.05) is 17.8 Å². The number of ether oxygens (including phenoxy) is 1. The molecule has 1 atom stereocenters. The molecule has 0 N–H and O–H groups in total. The Bertz CT molecular complexity index is 804. The van der Waals surface area contributed by atoms with Crippen molar-refractivity contribution in [1.82, 2.24) is 4.57 Å². The summed E-state index contributed by atoms with van der Waals surface area (Å²) in [7, 11) is 0. The predicted octanol–water partition coefficient (Wildman–Crippen LogP) is 5.28. The lowest BCUT2D eigenvalue weighted by Crippen LogP contribution is -2.25. The first-order valence-corrected chi connectivity index (χ1v) is 10.6. The Kier molecular flexibility index (Phi) is 7.07. The molecule has 2 heterocycles. The van der Waals surface area contributed by atoms with Crippen LogP contribution in [0.15, 0.2) is 36.4 Å². The maximum absolute atomic E-state index is 13.0. The third-order valence-corrected chi connectivity index (χ3v) is 5.63. The zero-order chi connectivity index (χ0) is 19.9. The zero-order valence-electron chi connectivity index (χ0n) is 17.1. The number of hydrogen-bond donors (Lipinski definition) is 0. The van der Waals surface area contributed by atoms with Gasteiger partial charge in [0.2, 0.25) is 5.78 Å². The minimum atomic E-state index is -0.260. The molecule has 150 valence electrons. The van der Waals surface area contributed by atoms with E-state index < -0.39 is 0 Å². The molecule has 0 fully saturated rings. The van der Waals surface area contributed by atoms with Gasteiger partial charge in [-0.1, -0.05) is 57.4 Å². The molecule has 1 aromatic carbocycles. The maximum Gasteiger partial charge on any atom is 0.314 e. The largest absolute Gasteiger partial charge is 0.465 e. The molecule has 0 saturated carbocycles. The molecule has 3 rings (SSSR count). The van der Waals surface area contributed by atoms with Gasteiger partial charge in [-0.25, -0.2) is 0 Å². The number of ketones is 1. The summed E-state index contributed by atoms with van der Waals surface area (Å²) in [6, 6.07) is 11.6. The van der Waals surface area contributed by atoms with E-state index in [4.69, 9.17) is 4.74 Å². The van der Waals surface area contributed by atoms with Crippen molar-refractivity contribution in [3.05, 3.63) is 58.9 Å². The highest BCUT2D eigenvalue weighted by Crippen LogP contribution is 2.31. The molecule has 0 spiro atoms. The summed E-state index contributed by atoms with van der Waals surface area (Å²) < 4.78 is 7.54. The van der Waals surface area contributed by atoms with Gasteiger partial charge in [0.15, 0.2) is 0 Å². The molecule has 4 nitrogen and oxygen atoms in total. The summed E-state index contributed by atoms with van der Waals surface area (Å²) in [5.74, 6) is -0.395. The van der Waals surface area contributed by atoms with Crippen molar-refractivity contribution in [3.63, 3.8) is 0 Å². The molecular weight excluding hydrogens is 350 g/mol. The van der Waals surface area contributed by atoms with E-state index in [2.05, 4.69) is 13.8 Å². The van der Waals surface area contributed by atoms with Crippen LogP contribution in [-0.4, -0.2) is 22.9 Å². The number of esters is 1. The fraction of sp³-hybridized carbons (Fsp3) is 0.500. The quantitative estimate of drug-likeness (QED) is 0.337. The number of carbonyl (C=O) groups is 2. The van der Waals surface area contributed by atoms with Crippen LogP contribution in [0.5, 0.6) is 0 Å². The van der Waals surface area contributed by atoms with Crippen molar-refractivity contribution in [2.24, 2.45) is 0 Å². The second-order valence-corrected chi connectivity index (χ2v) is 7.60. The van der Waals surface area contributed by atoms with Gasteiger partial charge < -0.3 is 9.30 Å². The van der Waals surface area contributed by atoms with Crippen LogP contribution >= 0.6 is 0 Å². The molecule has 1 unspecified atom stereocenters. The summed E-state index contributed by atoms with van der Waals surface area (Å²) in [4.78, 5) is 25.6. The first-order valence-electron chi connectivity index (χ1n) is 10.6. The van der Waals surface area contributed by atoms with E-state index in [1.54, 1.807) is 0 Å². The number of aryl methyl sites for hydroxylation is 1. The number of nitrogens with zero attached hydrogens (tertiary/aromatic N) is 1. The fourth-order valence-electron chi connectivity index (χ4n) is 3.92. The Balaban J connectivity index is 1.70. The molecule has 0 bridgehead atoms. The Hall–Kier alpha value is -2.36. The van der Waals surface area contributed by atoms with Gasteiger partial charge in [0.1, 0.15) is 0 Å². The van der Waals surface area contributed by atoms with E-state index in [0.717, 1.165) is 44.3 Å². The van der Waals surface area contributed by atoms with Crippen molar-refractivity contribution in [2.45, 2.75) is 71.3 Å². The highest BCUT2D eigenvalue weighted by atomic mass is 16.5. The van der Waals surface area contributed by atoms with Gasteiger partial charge >= 0.3 is 5.97 Å². The summed E-state index contributed by atoms with van der Waals surface area (Å²) in [6.45, 7) is 5.53. The third-order valence-electron chi connectivity index (χ3n) is 5.63. The summed E-state index contributed by atoms with van der Waals surface area (Å²) in [6.07, 6.45) is 6.99. The fourth-order valence-corrected chi connectivity index (χ4v) is 3.92. The number of fused-ring (bicyclic) bond motifs is 1. The molecular formula is C24H31NO3. The van der Waals surface area contributed by atoms with Crippen LogP contribution in [0.3, 0.4) is 0 Å². The summed E-state index contributed by atoms with van der Waals surface area (Å²) in [5.41, 5.74) is 3.49. The van der Waals surface area contributed by atoms with Gasteiger partial charge in [-0.05, 0) is 43.4 Å². The number of aromatic nitrogens is 1. The van der Waals surface area contributed by atoms with E-state index >= 15 is 0 Å². The lowest BCUT2D eigenvalue weighted by atomic mass is 9.96. The maximum atomic E-state index is 13.0. The lowest BCUT2D eigenvalue weighted by molar-refractivity contribution is -0.146. The first-order chi connectivity index (χ1) is 13.7. The van der Waals surface area contributed by atoms with E-state index in [-0.39, 0.29) is 17.7 Å². The molecule has 2 aromatic rings. The molecule has 0 radical (unpaired) electrons. The standard InChI is InChI=1S/C24H31NO3/c1-3-5-6-7-17-28-24(27)20-9-8-16-25-21(20)14-15-22(25)23(26)19-12-10-18(4-2)11-13-19/h10-15,20H,3-9,16-17H2,1-2H3. The van der Waals surface area contributed by atoms with Crippen LogP contribution in [0.25, 0.3) is 0 Å². The molecule has 1 aliphatic rings. The summed E-state index contributed by atoms with van der Waals surface area (Å²) in [5, 5.41) is 0. The Morgan fingerprint density at radius 3 is 2.54 bits per heavy atom. The first kappa shape index (κ1) is 20.4. The number of hydrogen-bond acceptors (Lipinski definition) is 3. The van der Waals surface area contributed by atoms with Crippen LogP contribution in [0, 0.1) is 0 Å². The van der Waals surface area contributed by atoms with Gasteiger partial charge in [-0.15, -0.1) is 0 Å². The van der Waals surface area contributed by atoms with Crippen LogP contribution < -0.4 is 0 Å². The average Bonchev–Trinajstić information content (AvgIpc) is 3.17. The molecule has 0 saturated heterocycles. The predicted molar refractivity (Wildman–Crippen MR) is 111 cm³/mol. The van der Waals surface area contributed by atoms with Gasteiger partial charge in [0.25, 0.3) is 0 Å². The summed E-state index contributed by atoms with van der Waals surface area (Å²) >= 11 is 0. The highest BCUT2D eigenvalue weighted by Gasteiger charge is 2.30.